The molecule has 15 heavy (non-hydrogen) atoms. The molecule has 0 radical (unpaired) electrons. The minimum atomic E-state index is -0.705. The highest BCUT2D eigenvalue weighted by molar-refractivity contribution is 5.41. The summed E-state index contributed by atoms with van der Waals surface area (Å²) in [7, 11) is 0. The quantitative estimate of drug-likeness (QED) is 0.650. The highest BCUT2D eigenvalue weighted by atomic mass is 19.1. The van der Waals surface area contributed by atoms with Crippen LogP contribution in [0.25, 0.3) is 0 Å². The van der Waals surface area contributed by atoms with Gasteiger partial charge in [0.15, 0.2) is 11.6 Å². The Hall–Kier alpha value is -1.29. The van der Waals surface area contributed by atoms with Gasteiger partial charge >= 0.3 is 0 Å². The molecule has 0 bridgehead atoms. The predicted octanol–water partition coefficient (Wildman–Crippen LogP) is 1.53. The highest BCUT2D eigenvalue weighted by Gasteiger charge is 2.20. The Bertz CT molecular complexity index is 362. The fourth-order valence-corrected chi connectivity index (χ4v) is 1.97. The molecular formula is C11H14FNO2. The summed E-state index contributed by atoms with van der Waals surface area (Å²) in [6.07, 6.45) is 2.48. The summed E-state index contributed by atoms with van der Waals surface area (Å²) < 4.78 is 13.5. The Morgan fingerprint density at radius 2 is 2.07 bits per heavy atom. The third kappa shape index (κ3) is 2.04. The molecular weight excluding hydrogens is 197 g/mol. The molecule has 1 saturated heterocycles. The van der Waals surface area contributed by atoms with E-state index in [1.54, 1.807) is 0 Å². The molecule has 1 fully saturated rings. The number of benzene rings is 1. The summed E-state index contributed by atoms with van der Waals surface area (Å²) >= 11 is 0. The van der Waals surface area contributed by atoms with Gasteiger partial charge in [-0.05, 0) is 37.9 Å². The van der Waals surface area contributed by atoms with E-state index >= 15 is 0 Å². The Morgan fingerprint density at radius 3 is 2.73 bits per heavy atom. The van der Waals surface area contributed by atoms with E-state index in [0.29, 0.717) is 6.42 Å². The normalized spacial score (nSPS) is 20.7. The van der Waals surface area contributed by atoms with Crippen LogP contribution < -0.4 is 5.32 Å². The zero-order valence-corrected chi connectivity index (χ0v) is 8.33. The third-order valence-electron chi connectivity index (χ3n) is 2.81. The second-order valence-corrected chi connectivity index (χ2v) is 3.89. The molecule has 3 nitrogen and oxygen atoms in total. The van der Waals surface area contributed by atoms with Gasteiger partial charge in [0.2, 0.25) is 0 Å². The second-order valence-electron chi connectivity index (χ2n) is 3.89. The van der Waals surface area contributed by atoms with Gasteiger partial charge in [0, 0.05) is 11.6 Å². The van der Waals surface area contributed by atoms with Gasteiger partial charge in [0.1, 0.15) is 5.75 Å². The molecule has 3 N–H and O–H groups in total. The molecule has 2 rings (SSSR count). The first-order valence-corrected chi connectivity index (χ1v) is 5.11. The van der Waals surface area contributed by atoms with Crippen molar-refractivity contribution in [2.75, 3.05) is 6.54 Å². The molecule has 0 aliphatic carbocycles. The van der Waals surface area contributed by atoms with Gasteiger partial charge in [-0.3, -0.25) is 0 Å². The smallest absolute Gasteiger partial charge is 0.171 e. The minimum Gasteiger partial charge on any atom is -0.508 e. The van der Waals surface area contributed by atoms with Crippen LogP contribution in [0.2, 0.25) is 0 Å². The summed E-state index contributed by atoms with van der Waals surface area (Å²) in [6.45, 7) is 0.936. The van der Waals surface area contributed by atoms with Crippen molar-refractivity contribution in [1.82, 2.24) is 5.32 Å². The summed E-state index contributed by atoms with van der Waals surface area (Å²) in [4.78, 5) is 0. The van der Waals surface area contributed by atoms with E-state index in [1.807, 2.05) is 0 Å². The third-order valence-corrected chi connectivity index (χ3v) is 2.81. The largest absolute Gasteiger partial charge is 0.508 e. The zero-order chi connectivity index (χ0) is 10.8. The van der Waals surface area contributed by atoms with Crippen molar-refractivity contribution >= 4 is 0 Å². The standard InChI is InChI=1S/C11H14FNO2/c12-11-8(6-7-2-1-5-13-7)9(14)3-4-10(11)15/h3-4,7,13-15H,1-2,5-6H2. The number of aromatic hydroxyl groups is 2. The number of phenols is 2. The maximum Gasteiger partial charge on any atom is 0.171 e. The molecule has 1 atom stereocenters. The first-order valence-electron chi connectivity index (χ1n) is 5.11. The maximum absolute atomic E-state index is 13.5. The van der Waals surface area contributed by atoms with Crippen LogP contribution in [0.3, 0.4) is 0 Å². The van der Waals surface area contributed by atoms with Crippen molar-refractivity contribution in [3.8, 4) is 11.5 Å². The lowest BCUT2D eigenvalue weighted by molar-refractivity contribution is 0.408. The average molecular weight is 211 g/mol. The van der Waals surface area contributed by atoms with E-state index in [9.17, 15) is 14.6 Å². The number of hydrogen-bond donors (Lipinski definition) is 3. The number of phenolic OH excluding ortho intramolecular Hbond substituents is 2. The van der Waals surface area contributed by atoms with E-state index in [4.69, 9.17) is 0 Å². The van der Waals surface area contributed by atoms with Crippen molar-refractivity contribution in [2.24, 2.45) is 0 Å². The molecule has 0 saturated carbocycles. The van der Waals surface area contributed by atoms with Crippen molar-refractivity contribution < 1.29 is 14.6 Å². The number of nitrogens with one attached hydrogen (secondary N) is 1. The maximum atomic E-state index is 13.5. The SMILES string of the molecule is Oc1ccc(O)c(CC2CCCN2)c1F. The van der Waals surface area contributed by atoms with Gasteiger partial charge in [0.25, 0.3) is 0 Å². The van der Waals surface area contributed by atoms with Gasteiger partial charge in [0.05, 0.1) is 0 Å². The first kappa shape index (κ1) is 10.2. The zero-order valence-electron chi connectivity index (χ0n) is 8.33. The molecule has 1 heterocycles. The Balaban J connectivity index is 2.22. The van der Waals surface area contributed by atoms with Gasteiger partial charge in [-0.2, -0.15) is 0 Å². The molecule has 0 spiro atoms. The Morgan fingerprint density at radius 1 is 1.33 bits per heavy atom. The van der Waals surface area contributed by atoms with Crippen molar-refractivity contribution in [2.45, 2.75) is 25.3 Å². The lowest BCUT2D eigenvalue weighted by Crippen LogP contribution is -2.24. The van der Waals surface area contributed by atoms with Gasteiger partial charge < -0.3 is 15.5 Å². The lowest BCUT2D eigenvalue weighted by Gasteiger charge is -2.12. The molecule has 1 aliphatic heterocycles. The monoisotopic (exact) mass is 211 g/mol. The van der Waals surface area contributed by atoms with Crippen LogP contribution in [0.4, 0.5) is 4.39 Å². The van der Waals surface area contributed by atoms with E-state index in [2.05, 4.69) is 5.32 Å². The van der Waals surface area contributed by atoms with Gasteiger partial charge in [-0.1, -0.05) is 0 Å². The molecule has 0 aromatic heterocycles. The van der Waals surface area contributed by atoms with Crippen molar-refractivity contribution in [3.63, 3.8) is 0 Å². The Kier molecular flexibility index (Phi) is 2.77. The summed E-state index contributed by atoms with van der Waals surface area (Å²) in [6, 6.07) is 2.69. The second kappa shape index (κ2) is 4.06. The molecule has 1 aromatic carbocycles. The van der Waals surface area contributed by atoms with Gasteiger partial charge in [-0.15, -0.1) is 0 Å². The van der Waals surface area contributed by atoms with Crippen LogP contribution >= 0.6 is 0 Å². The van der Waals surface area contributed by atoms with Crippen LogP contribution in [-0.2, 0) is 6.42 Å². The van der Waals surface area contributed by atoms with Gasteiger partial charge in [-0.25, -0.2) is 4.39 Å². The van der Waals surface area contributed by atoms with Crippen LogP contribution in [0.1, 0.15) is 18.4 Å². The summed E-state index contributed by atoms with van der Waals surface area (Å²) in [5.41, 5.74) is 0.203. The predicted molar refractivity (Wildman–Crippen MR) is 54.5 cm³/mol. The molecule has 4 heteroatoms. The average Bonchev–Trinajstić information content (AvgIpc) is 2.71. The number of rotatable bonds is 2. The summed E-state index contributed by atoms with van der Waals surface area (Å²) in [5.74, 6) is -1.19. The van der Waals surface area contributed by atoms with E-state index in [-0.39, 0.29) is 17.4 Å². The fourth-order valence-electron chi connectivity index (χ4n) is 1.97. The number of hydrogen-bond acceptors (Lipinski definition) is 3. The van der Waals surface area contributed by atoms with Crippen LogP contribution in [0.5, 0.6) is 11.5 Å². The molecule has 1 aromatic rings. The molecule has 0 amide bonds. The van der Waals surface area contributed by atoms with Crippen LogP contribution in [-0.4, -0.2) is 22.8 Å². The topological polar surface area (TPSA) is 52.5 Å². The molecule has 1 unspecified atom stereocenters. The van der Waals surface area contributed by atoms with Crippen LogP contribution in [0.15, 0.2) is 12.1 Å². The van der Waals surface area contributed by atoms with E-state index in [1.165, 1.54) is 6.07 Å². The highest BCUT2D eigenvalue weighted by Crippen LogP contribution is 2.29. The minimum absolute atomic E-state index is 0.0843. The molecule has 82 valence electrons. The number of halogens is 1. The first-order chi connectivity index (χ1) is 7.18. The lowest BCUT2D eigenvalue weighted by atomic mass is 10.0. The Labute approximate surface area is 87.6 Å². The molecule has 1 aliphatic rings. The fraction of sp³-hybridized carbons (Fsp3) is 0.455. The van der Waals surface area contributed by atoms with E-state index < -0.39 is 11.6 Å². The van der Waals surface area contributed by atoms with E-state index in [0.717, 1.165) is 25.5 Å². The summed E-state index contributed by atoms with van der Waals surface area (Å²) in [5, 5.41) is 21.9. The van der Waals surface area contributed by atoms with Crippen molar-refractivity contribution in [3.05, 3.63) is 23.5 Å². The van der Waals surface area contributed by atoms with Crippen LogP contribution in [0, 0.1) is 5.82 Å². The van der Waals surface area contributed by atoms with Crippen molar-refractivity contribution in [1.29, 1.82) is 0 Å².